The van der Waals surface area contributed by atoms with Crippen LogP contribution < -0.4 is 10.1 Å². The van der Waals surface area contributed by atoms with Gasteiger partial charge in [-0.25, -0.2) is 4.79 Å². The van der Waals surface area contributed by atoms with Gasteiger partial charge in [0.25, 0.3) is 0 Å². The molecule has 34 heavy (non-hydrogen) atoms. The number of thiophene rings is 1. The molecule has 0 spiro atoms. The zero-order valence-corrected chi connectivity index (χ0v) is 20.3. The fourth-order valence-corrected chi connectivity index (χ4v) is 6.43. The van der Waals surface area contributed by atoms with Crippen LogP contribution in [0.1, 0.15) is 52.6 Å². The maximum absolute atomic E-state index is 13.6. The highest BCUT2D eigenvalue weighted by Gasteiger charge is 2.36. The quantitative estimate of drug-likeness (QED) is 0.543. The van der Waals surface area contributed by atoms with Gasteiger partial charge < -0.3 is 24.3 Å². The van der Waals surface area contributed by atoms with Crippen LogP contribution >= 0.6 is 11.3 Å². The summed E-state index contributed by atoms with van der Waals surface area (Å²) >= 11 is 1.86. The number of nitrogens with zero attached hydrogens (tertiary/aromatic N) is 2. The summed E-state index contributed by atoms with van der Waals surface area (Å²) in [5.41, 5.74) is 4.66. The first-order chi connectivity index (χ1) is 16.6. The van der Waals surface area contributed by atoms with Crippen molar-refractivity contribution < 1.29 is 19.1 Å². The van der Waals surface area contributed by atoms with Crippen LogP contribution in [0.4, 0.5) is 4.79 Å². The minimum Gasteiger partial charge on any atom is -0.497 e. The van der Waals surface area contributed by atoms with E-state index < -0.39 is 0 Å². The van der Waals surface area contributed by atoms with E-state index in [0.717, 1.165) is 29.8 Å². The van der Waals surface area contributed by atoms with Gasteiger partial charge in [0.1, 0.15) is 10.8 Å². The Bertz CT molecular complexity index is 1210. The van der Waals surface area contributed by atoms with E-state index >= 15 is 0 Å². The molecule has 3 heterocycles. The maximum Gasteiger partial charge on any atom is 0.318 e. The summed E-state index contributed by atoms with van der Waals surface area (Å²) in [6.45, 7) is 0.733. The van der Waals surface area contributed by atoms with Gasteiger partial charge in [0.2, 0.25) is 0 Å². The number of aromatic nitrogens is 1. The minimum absolute atomic E-state index is 0.134. The minimum atomic E-state index is -0.344. The summed E-state index contributed by atoms with van der Waals surface area (Å²) in [7, 11) is 3.00. The van der Waals surface area contributed by atoms with Crippen molar-refractivity contribution in [2.45, 2.75) is 44.7 Å². The number of aryl methyl sites for hydroxylation is 1. The molecule has 1 N–H and O–H groups in total. The van der Waals surface area contributed by atoms with Crippen molar-refractivity contribution in [3.05, 3.63) is 69.9 Å². The number of ether oxygens (including phenoxy) is 2. The van der Waals surface area contributed by atoms with Crippen LogP contribution in [0.5, 0.6) is 5.75 Å². The average Bonchev–Trinajstić information content (AvgIpc) is 3.45. The Labute approximate surface area is 203 Å². The molecule has 5 rings (SSSR count). The lowest BCUT2D eigenvalue weighted by Crippen LogP contribution is -2.42. The zero-order chi connectivity index (χ0) is 23.7. The molecule has 2 aliphatic rings. The number of hydrogen-bond donors (Lipinski definition) is 1. The molecule has 0 saturated heterocycles. The standard InChI is InChI=1S/C26H29N3O4S/c1-32-18-8-5-7-17(15-18)24-21-10-6-14-28(21)25-20(19-9-3-4-11-22(19)34-25)16-29(24)26(31)27-13-12-23(30)33-2/h5-8,10,14-15,24H,3-4,9,11-13,16H2,1-2H3,(H,27,31)/t24-/m0/s1. The lowest BCUT2D eigenvalue weighted by Gasteiger charge is -2.31. The molecular weight excluding hydrogens is 450 g/mol. The largest absolute Gasteiger partial charge is 0.497 e. The molecule has 3 aromatic rings. The Balaban J connectivity index is 1.59. The third-order valence-corrected chi connectivity index (χ3v) is 8.02. The van der Waals surface area contributed by atoms with E-state index in [0.29, 0.717) is 6.54 Å². The number of carbonyl (C=O) groups is 2. The van der Waals surface area contributed by atoms with Gasteiger partial charge in [-0.15, -0.1) is 11.3 Å². The highest BCUT2D eigenvalue weighted by molar-refractivity contribution is 7.15. The molecule has 178 valence electrons. The number of rotatable bonds is 5. The molecule has 2 aromatic heterocycles. The van der Waals surface area contributed by atoms with Crippen LogP contribution in [0.2, 0.25) is 0 Å². The Kier molecular flexibility index (Phi) is 6.32. The first-order valence-corrected chi connectivity index (χ1v) is 12.5. The second kappa shape index (κ2) is 9.54. The van der Waals surface area contributed by atoms with E-state index in [-0.39, 0.29) is 31.0 Å². The summed E-state index contributed by atoms with van der Waals surface area (Å²) in [6.07, 6.45) is 6.79. The first kappa shape index (κ1) is 22.5. The SMILES string of the molecule is COC(=O)CCNC(=O)N1Cc2c(sc3c2CCCC3)-n2cccc2[C@@H]1c1cccc(OC)c1. The number of fused-ring (bicyclic) bond motifs is 5. The monoisotopic (exact) mass is 479 g/mol. The zero-order valence-electron chi connectivity index (χ0n) is 19.5. The van der Waals surface area contributed by atoms with Crippen LogP contribution in [0, 0.1) is 0 Å². The van der Waals surface area contributed by atoms with Gasteiger partial charge in [-0.3, -0.25) is 4.79 Å². The third kappa shape index (κ3) is 4.07. The molecule has 0 fully saturated rings. The number of benzene rings is 1. The lowest BCUT2D eigenvalue weighted by atomic mass is 9.95. The van der Waals surface area contributed by atoms with Crippen molar-refractivity contribution >= 4 is 23.3 Å². The second-order valence-electron chi connectivity index (χ2n) is 8.66. The Morgan fingerprint density at radius 1 is 1.12 bits per heavy atom. The molecule has 0 unspecified atom stereocenters. The topological polar surface area (TPSA) is 72.8 Å². The van der Waals surface area contributed by atoms with Crippen molar-refractivity contribution in [1.29, 1.82) is 0 Å². The molecule has 1 aliphatic carbocycles. The molecule has 0 bridgehead atoms. The number of esters is 1. The van der Waals surface area contributed by atoms with Gasteiger partial charge in [-0.05, 0) is 61.1 Å². The van der Waals surface area contributed by atoms with E-state index in [4.69, 9.17) is 9.47 Å². The first-order valence-electron chi connectivity index (χ1n) is 11.7. The molecule has 0 radical (unpaired) electrons. The fraction of sp³-hybridized carbons (Fsp3) is 0.385. The lowest BCUT2D eigenvalue weighted by molar-refractivity contribution is -0.140. The molecule has 7 nitrogen and oxygen atoms in total. The van der Waals surface area contributed by atoms with E-state index in [2.05, 4.69) is 22.1 Å². The van der Waals surface area contributed by atoms with E-state index in [1.165, 1.54) is 41.0 Å². The summed E-state index contributed by atoms with van der Waals surface area (Å²) < 4.78 is 12.5. The van der Waals surface area contributed by atoms with Crippen molar-refractivity contribution in [2.75, 3.05) is 20.8 Å². The molecule has 1 aromatic carbocycles. The molecule has 1 atom stereocenters. The van der Waals surface area contributed by atoms with Crippen molar-refractivity contribution in [2.24, 2.45) is 0 Å². The number of methoxy groups -OCH3 is 2. The van der Waals surface area contributed by atoms with Crippen LogP contribution in [-0.4, -0.2) is 42.2 Å². The third-order valence-electron chi connectivity index (χ3n) is 6.68. The molecule has 1 aliphatic heterocycles. The van der Waals surface area contributed by atoms with E-state index in [9.17, 15) is 9.59 Å². The van der Waals surface area contributed by atoms with Crippen molar-refractivity contribution in [1.82, 2.24) is 14.8 Å². The van der Waals surface area contributed by atoms with Gasteiger partial charge in [-0.2, -0.15) is 0 Å². The van der Waals surface area contributed by atoms with Crippen molar-refractivity contribution in [3.63, 3.8) is 0 Å². The van der Waals surface area contributed by atoms with Gasteiger partial charge in [0.15, 0.2) is 0 Å². The smallest absolute Gasteiger partial charge is 0.318 e. The van der Waals surface area contributed by atoms with Crippen LogP contribution in [0.25, 0.3) is 5.00 Å². The second-order valence-corrected chi connectivity index (χ2v) is 9.75. The Morgan fingerprint density at radius 2 is 1.97 bits per heavy atom. The summed E-state index contributed by atoms with van der Waals surface area (Å²) in [5, 5.41) is 4.16. The van der Waals surface area contributed by atoms with Gasteiger partial charge >= 0.3 is 12.0 Å². The fourth-order valence-electron chi connectivity index (χ4n) is 5.02. The predicted octanol–water partition coefficient (Wildman–Crippen LogP) is 4.60. The maximum atomic E-state index is 13.6. The van der Waals surface area contributed by atoms with Crippen molar-refractivity contribution in [3.8, 4) is 10.8 Å². The predicted molar refractivity (Wildman–Crippen MR) is 131 cm³/mol. The Morgan fingerprint density at radius 3 is 2.79 bits per heavy atom. The van der Waals surface area contributed by atoms with Gasteiger partial charge in [-0.1, -0.05) is 12.1 Å². The van der Waals surface area contributed by atoms with E-state index in [1.54, 1.807) is 7.11 Å². The number of carbonyl (C=O) groups excluding carboxylic acids is 2. The number of amides is 2. The molecule has 0 saturated carbocycles. The normalized spacial score (nSPS) is 16.6. The number of nitrogens with one attached hydrogen (secondary N) is 1. The van der Waals surface area contributed by atoms with Crippen LogP contribution in [0.15, 0.2) is 42.6 Å². The highest BCUT2D eigenvalue weighted by Crippen LogP contribution is 2.44. The Hall–Kier alpha value is -3.26. The van der Waals surface area contributed by atoms with Crippen LogP contribution in [-0.2, 0) is 28.9 Å². The van der Waals surface area contributed by atoms with Gasteiger partial charge in [0, 0.05) is 23.2 Å². The molecular formula is C26H29N3O4S. The number of urea groups is 1. The summed E-state index contributed by atoms with van der Waals surface area (Å²) in [5.74, 6) is 0.404. The van der Waals surface area contributed by atoms with Crippen LogP contribution in [0.3, 0.4) is 0 Å². The molecule has 8 heteroatoms. The summed E-state index contributed by atoms with van der Waals surface area (Å²) in [4.78, 5) is 28.6. The number of hydrogen-bond acceptors (Lipinski definition) is 5. The average molecular weight is 480 g/mol. The summed E-state index contributed by atoms with van der Waals surface area (Å²) in [6, 6.07) is 11.5. The van der Waals surface area contributed by atoms with E-state index in [1.807, 2.05) is 46.6 Å². The molecule has 2 amide bonds. The highest BCUT2D eigenvalue weighted by atomic mass is 32.1. The van der Waals surface area contributed by atoms with Gasteiger partial charge in [0.05, 0.1) is 38.9 Å².